The van der Waals surface area contributed by atoms with Crippen LogP contribution >= 0.6 is 0 Å². The van der Waals surface area contributed by atoms with Gasteiger partial charge < -0.3 is 10.1 Å². The first-order chi connectivity index (χ1) is 10.7. The number of ketones is 1. The van der Waals surface area contributed by atoms with Crippen LogP contribution in [0.4, 0.5) is 0 Å². The normalized spacial score (nSPS) is 20.8. The van der Waals surface area contributed by atoms with Crippen molar-refractivity contribution in [3.8, 4) is 0 Å². The van der Waals surface area contributed by atoms with Crippen LogP contribution in [0.5, 0.6) is 0 Å². The molecule has 0 spiro atoms. The molecule has 3 N–H and O–H groups in total. The molecule has 1 unspecified atom stereocenters. The van der Waals surface area contributed by atoms with Crippen molar-refractivity contribution in [2.24, 2.45) is 0 Å². The fraction of sp³-hybridized carbons (Fsp3) is 0.167. The fourth-order valence-electron chi connectivity index (χ4n) is 3.22. The first-order valence-electron chi connectivity index (χ1n) is 7.37. The number of H-pyrrole nitrogens is 1. The van der Waals surface area contributed by atoms with Gasteiger partial charge in [-0.25, -0.2) is 0 Å². The number of benzene rings is 2. The number of aromatic amines is 1. The molecule has 1 aliphatic heterocycles. The highest BCUT2D eigenvalue weighted by molar-refractivity contribution is 6.03. The van der Waals surface area contributed by atoms with Gasteiger partial charge in [-0.15, -0.1) is 0 Å². The van der Waals surface area contributed by atoms with Crippen molar-refractivity contribution in [3.63, 3.8) is 0 Å². The van der Waals surface area contributed by atoms with E-state index >= 15 is 0 Å². The Morgan fingerprint density at radius 1 is 1.05 bits per heavy atom. The summed E-state index contributed by atoms with van der Waals surface area (Å²) in [6.45, 7) is 0.559. The zero-order chi connectivity index (χ0) is 15.2. The number of fused-ring (bicyclic) bond motifs is 3. The van der Waals surface area contributed by atoms with Crippen LogP contribution in [0.3, 0.4) is 0 Å². The van der Waals surface area contributed by atoms with E-state index in [9.17, 15) is 9.90 Å². The molecule has 0 aliphatic carbocycles. The summed E-state index contributed by atoms with van der Waals surface area (Å²) in [6.07, 6.45) is 0.781. The van der Waals surface area contributed by atoms with E-state index in [-0.39, 0.29) is 5.78 Å². The van der Waals surface area contributed by atoms with Crippen molar-refractivity contribution in [2.45, 2.75) is 12.1 Å². The van der Waals surface area contributed by atoms with Gasteiger partial charge in [-0.1, -0.05) is 48.5 Å². The van der Waals surface area contributed by atoms with Gasteiger partial charge >= 0.3 is 0 Å². The van der Waals surface area contributed by atoms with E-state index in [1.54, 1.807) is 24.3 Å². The molecule has 0 saturated heterocycles. The van der Waals surface area contributed by atoms with Crippen LogP contribution in [0.15, 0.2) is 54.6 Å². The average molecular weight is 292 g/mol. The third kappa shape index (κ3) is 1.81. The molecule has 22 heavy (non-hydrogen) atoms. The monoisotopic (exact) mass is 292 g/mol. The van der Waals surface area contributed by atoms with Crippen LogP contribution in [0.2, 0.25) is 0 Å². The van der Waals surface area contributed by atoms with Gasteiger partial charge in [-0.05, 0) is 18.1 Å². The highest BCUT2D eigenvalue weighted by Crippen LogP contribution is 2.34. The first-order valence-corrected chi connectivity index (χ1v) is 7.37. The Balaban J connectivity index is 1.89. The molecular formula is C18H16N2O2. The van der Waals surface area contributed by atoms with E-state index in [4.69, 9.17) is 0 Å². The quantitative estimate of drug-likeness (QED) is 0.635. The number of hydrogen-bond donors (Lipinski definition) is 3. The number of aromatic nitrogens is 1. The van der Waals surface area contributed by atoms with Crippen LogP contribution in [0, 0.1) is 0 Å². The molecule has 2 aromatic carbocycles. The van der Waals surface area contributed by atoms with Gasteiger partial charge in [0.25, 0.3) is 0 Å². The highest BCUT2D eigenvalue weighted by atomic mass is 16.3. The second-order valence-electron chi connectivity index (χ2n) is 5.61. The number of Topliss-reactive ketones (excluding diaryl/α,β-unsaturated/α-hetero) is 1. The molecule has 0 radical (unpaired) electrons. The van der Waals surface area contributed by atoms with Gasteiger partial charge in [0, 0.05) is 23.0 Å². The van der Waals surface area contributed by atoms with E-state index in [0.717, 1.165) is 22.9 Å². The van der Waals surface area contributed by atoms with Crippen LogP contribution in [0.1, 0.15) is 21.6 Å². The Kier molecular flexibility index (Phi) is 2.89. The Labute approximate surface area is 127 Å². The molecule has 4 nitrogen and oxygen atoms in total. The number of para-hydroxylation sites is 1. The van der Waals surface area contributed by atoms with Crippen molar-refractivity contribution in [1.29, 1.82) is 0 Å². The Bertz CT molecular complexity index is 854. The molecule has 4 heteroatoms. The van der Waals surface area contributed by atoms with Gasteiger partial charge in [0.05, 0.1) is 5.69 Å². The average Bonchev–Trinajstić information content (AvgIpc) is 2.96. The highest BCUT2D eigenvalue weighted by Gasteiger charge is 2.43. The van der Waals surface area contributed by atoms with Crippen LogP contribution in [-0.2, 0) is 12.1 Å². The van der Waals surface area contributed by atoms with E-state index in [0.29, 0.717) is 17.8 Å². The van der Waals surface area contributed by atoms with Crippen LogP contribution < -0.4 is 5.32 Å². The van der Waals surface area contributed by atoms with E-state index in [1.807, 2.05) is 30.3 Å². The molecule has 0 saturated carbocycles. The van der Waals surface area contributed by atoms with Crippen molar-refractivity contribution >= 4 is 16.7 Å². The lowest BCUT2D eigenvalue weighted by Crippen LogP contribution is -2.53. The van der Waals surface area contributed by atoms with Crippen molar-refractivity contribution < 1.29 is 9.90 Å². The zero-order valence-electron chi connectivity index (χ0n) is 12.0. The lowest BCUT2D eigenvalue weighted by Gasteiger charge is -2.32. The van der Waals surface area contributed by atoms with E-state index in [2.05, 4.69) is 10.3 Å². The Hall–Kier alpha value is -2.43. The minimum atomic E-state index is -1.70. The SMILES string of the molecule is O=C(c1ccccc1)C1(O)NCCc2c1[nH]c1ccccc21. The van der Waals surface area contributed by atoms with Crippen LogP contribution in [0.25, 0.3) is 10.9 Å². The molecule has 1 atom stereocenters. The number of carbonyl (C=O) groups is 1. The topological polar surface area (TPSA) is 65.1 Å². The summed E-state index contributed by atoms with van der Waals surface area (Å²) in [7, 11) is 0. The minimum Gasteiger partial charge on any atom is -0.364 e. The Morgan fingerprint density at radius 2 is 1.77 bits per heavy atom. The molecule has 3 aromatic rings. The molecule has 2 heterocycles. The number of rotatable bonds is 2. The molecule has 0 amide bonds. The molecule has 0 bridgehead atoms. The summed E-state index contributed by atoms with van der Waals surface area (Å²) in [5, 5.41) is 15.1. The number of carbonyl (C=O) groups excluding carboxylic acids is 1. The minimum absolute atomic E-state index is 0.333. The standard InChI is InChI=1S/C18H16N2O2/c21-17(12-6-2-1-3-7-12)18(22)16-14(10-11-19-18)13-8-4-5-9-15(13)20-16/h1-9,19-20,22H,10-11H2. The lowest BCUT2D eigenvalue weighted by atomic mass is 9.90. The van der Waals surface area contributed by atoms with Crippen LogP contribution in [-0.4, -0.2) is 22.4 Å². The number of aliphatic hydroxyl groups is 1. The molecule has 1 aromatic heterocycles. The molecule has 1 aliphatic rings. The third-order valence-electron chi connectivity index (χ3n) is 4.30. The second-order valence-corrected chi connectivity index (χ2v) is 5.61. The van der Waals surface area contributed by atoms with Crippen molar-refractivity contribution in [3.05, 3.63) is 71.4 Å². The molecule has 4 rings (SSSR count). The second kappa shape index (κ2) is 4.80. The maximum atomic E-state index is 12.8. The molecule has 0 fully saturated rings. The summed E-state index contributed by atoms with van der Waals surface area (Å²) in [5.41, 5.74) is 1.31. The van der Waals surface area contributed by atoms with Gasteiger partial charge in [-0.3, -0.25) is 10.1 Å². The summed E-state index contributed by atoms with van der Waals surface area (Å²) >= 11 is 0. The van der Waals surface area contributed by atoms with Crippen molar-refractivity contribution in [1.82, 2.24) is 10.3 Å². The number of hydrogen-bond acceptors (Lipinski definition) is 3. The zero-order valence-corrected chi connectivity index (χ0v) is 12.0. The maximum Gasteiger partial charge on any atom is 0.222 e. The number of nitrogens with one attached hydrogen (secondary N) is 2. The first kappa shape index (κ1) is 13.2. The largest absolute Gasteiger partial charge is 0.364 e. The van der Waals surface area contributed by atoms with Crippen molar-refractivity contribution in [2.75, 3.05) is 6.54 Å². The summed E-state index contributed by atoms with van der Waals surface area (Å²) in [5.74, 6) is -0.333. The summed E-state index contributed by atoms with van der Waals surface area (Å²) in [4.78, 5) is 16.1. The van der Waals surface area contributed by atoms with Gasteiger partial charge in [0.15, 0.2) is 0 Å². The van der Waals surface area contributed by atoms with Gasteiger partial charge in [0.1, 0.15) is 0 Å². The summed E-state index contributed by atoms with van der Waals surface area (Å²) < 4.78 is 0. The fourth-order valence-corrected chi connectivity index (χ4v) is 3.22. The molecular weight excluding hydrogens is 276 g/mol. The predicted molar refractivity (Wildman–Crippen MR) is 84.7 cm³/mol. The van der Waals surface area contributed by atoms with E-state index < -0.39 is 5.72 Å². The van der Waals surface area contributed by atoms with Gasteiger partial charge in [-0.2, -0.15) is 0 Å². The summed E-state index contributed by atoms with van der Waals surface area (Å²) in [6, 6.07) is 16.8. The van der Waals surface area contributed by atoms with E-state index in [1.165, 1.54) is 0 Å². The van der Waals surface area contributed by atoms with Gasteiger partial charge in [0.2, 0.25) is 11.5 Å². The third-order valence-corrected chi connectivity index (χ3v) is 4.30. The Morgan fingerprint density at radius 3 is 2.59 bits per heavy atom. The maximum absolute atomic E-state index is 12.8. The molecule has 110 valence electrons. The lowest BCUT2D eigenvalue weighted by molar-refractivity contribution is 0.00373. The smallest absolute Gasteiger partial charge is 0.222 e. The predicted octanol–water partition coefficient (Wildman–Crippen LogP) is 2.34.